The van der Waals surface area contributed by atoms with E-state index in [0.717, 1.165) is 13.0 Å². The fraction of sp³-hybridized carbons (Fsp3) is 0.455. The van der Waals surface area contributed by atoms with Crippen LogP contribution >= 0.6 is 11.9 Å². The minimum atomic E-state index is 0.638. The minimum Gasteiger partial charge on any atom is -0.264 e. The number of nitrogens with one attached hydrogen (secondary N) is 1. The van der Waals surface area contributed by atoms with Crippen LogP contribution in [-0.2, 0) is 6.42 Å². The van der Waals surface area contributed by atoms with Crippen LogP contribution in [0.25, 0.3) is 11.1 Å². The number of rotatable bonds is 6. The van der Waals surface area contributed by atoms with Crippen molar-refractivity contribution in [3.8, 4) is 11.1 Å². The Bertz CT molecular complexity index is 515. The zero-order valence-electron chi connectivity index (χ0n) is 16.5. The summed E-state index contributed by atoms with van der Waals surface area (Å²) in [6, 6.07) is 17.6. The fourth-order valence-electron chi connectivity index (χ4n) is 2.03. The maximum atomic E-state index is 3.40. The van der Waals surface area contributed by atoms with Crippen LogP contribution in [-0.4, -0.2) is 11.8 Å². The summed E-state index contributed by atoms with van der Waals surface area (Å²) in [5, 5.41) is 0.638. The predicted octanol–water partition coefficient (Wildman–Crippen LogP) is 6.90. The molecule has 2 rings (SSSR count). The second-order valence-corrected chi connectivity index (χ2v) is 6.84. The quantitative estimate of drug-likeness (QED) is 0.451. The molecule has 1 nitrogen and oxygen atoms in total. The van der Waals surface area contributed by atoms with E-state index >= 15 is 0 Å². The van der Waals surface area contributed by atoms with Gasteiger partial charge in [0.05, 0.1) is 0 Å². The summed E-state index contributed by atoms with van der Waals surface area (Å²) in [7, 11) is 0. The topological polar surface area (TPSA) is 12.0 Å². The van der Waals surface area contributed by atoms with Crippen molar-refractivity contribution in [3.63, 3.8) is 0 Å². The molecule has 0 aliphatic carbocycles. The molecule has 24 heavy (non-hydrogen) atoms. The summed E-state index contributed by atoms with van der Waals surface area (Å²) in [4.78, 5) is 0. The summed E-state index contributed by atoms with van der Waals surface area (Å²) >= 11 is 1.80. The highest BCUT2D eigenvalue weighted by atomic mass is 32.2. The van der Waals surface area contributed by atoms with Crippen molar-refractivity contribution in [2.45, 2.75) is 60.1 Å². The molecule has 0 heterocycles. The molecule has 0 bridgehead atoms. The van der Waals surface area contributed by atoms with Gasteiger partial charge in [0.2, 0.25) is 0 Å². The van der Waals surface area contributed by atoms with Crippen LogP contribution in [0.2, 0.25) is 0 Å². The van der Waals surface area contributed by atoms with E-state index in [2.05, 4.69) is 74.0 Å². The van der Waals surface area contributed by atoms with E-state index in [0.29, 0.717) is 5.25 Å². The van der Waals surface area contributed by atoms with Gasteiger partial charge in [-0.2, -0.15) is 0 Å². The largest absolute Gasteiger partial charge is 0.264 e. The molecule has 134 valence electrons. The first-order valence-corrected chi connectivity index (χ1v) is 10.1. The SMILES string of the molecule is CC.CC.Cc1ccc(-c2ccc(CCNSC(C)C)cc2)cc1. The summed E-state index contributed by atoms with van der Waals surface area (Å²) in [5.74, 6) is 0. The molecule has 0 saturated heterocycles. The summed E-state index contributed by atoms with van der Waals surface area (Å²) in [5.41, 5.74) is 5.27. The third-order valence-electron chi connectivity index (χ3n) is 3.17. The first kappa shape index (κ1) is 22.8. The van der Waals surface area contributed by atoms with E-state index in [1.54, 1.807) is 11.9 Å². The van der Waals surface area contributed by atoms with Crippen molar-refractivity contribution in [1.82, 2.24) is 4.72 Å². The Balaban J connectivity index is 0.00000123. The molecule has 0 unspecified atom stereocenters. The number of hydrogen-bond acceptors (Lipinski definition) is 2. The van der Waals surface area contributed by atoms with E-state index in [-0.39, 0.29) is 0 Å². The second kappa shape index (κ2) is 14.1. The third-order valence-corrected chi connectivity index (χ3v) is 4.02. The lowest BCUT2D eigenvalue weighted by atomic mass is 10.0. The summed E-state index contributed by atoms with van der Waals surface area (Å²) < 4.78 is 3.40. The van der Waals surface area contributed by atoms with Crippen LogP contribution in [0.5, 0.6) is 0 Å². The van der Waals surface area contributed by atoms with Gasteiger partial charge in [-0.1, -0.05) is 108 Å². The average Bonchev–Trinajstić information content (AvgIpc) is 2.63. The molecule has 0 saturated carbocycles. The Labute approximate surface area is 154 Å². The molecule has 0 radical (unpaired) electrons. The Morgan fingerprint density at radius 1 is 0.792 bits per heavy atom. The van der Waals surface area contributed by atoms with Crippen LogP contribution in [0.1, 0.15) is 52.7 Å². The van der Waals surface area contributed by atoms with Gasteiger partial charge in [-0.3, -0.25) is 4.72 Å². The molecule has 1 N–H and O–H groups in total. The highest BCUT2D eigenvalue weighted by Crippen LogP contribution is 2.20. The van der Waals surface area contributed by atoms with Crippen molar-refractivity contribution >= 4 is 11.9 Å². The number of hydrogen-bond donors (Lipinski definition) is 1. The molecule has 2 aromatic carbocycles. The van der Waals surface area contributed by atoms with Gasteiger partial charge in [0.25, 0.3) is 0 Å². The molecular formula is C22H35NS. The molecular weight excluding hydrogens is 310 g/mol. The Morgan fingerprint density at radius 3 is 1.71 bits per heavy atom. The molecule has 0 fully saturated rings. The van der Waals surface area contributed by atoms with Crippen LogP contribution in [0.15, 0.2) is 48.5 Å². The Morgan fingerprint density at radius 2 is 1.25 bits per heavy atom. The zero-order chi connectivity index (χ0) is 18.4. The summed E-state index contributed by atoms with van der Waals surface area (Å²) in [6.45, 7) is 15.5. The first-order valence-electron chi connectivity index (χ1n) is 9.19. The standard InChI is InChI=1S/C18H23NS.2C2H6/c1-14(2)20-19-13-12-16-6-10-18(11-7-16)17-8-4-15(3)5-9-17;2*1-2/h4-11,14,19H,12-13H2,1-3H3;2*1-2H3. The highest BCUT2D eigenvalue weighted by molar-refractivity contribution is 7.97. The normalized spacial score (nSPS) is 9.67. The van der Waals surface area contributed by atoms with Crippen molar-refractivity contribution in [1.29, 1.82) is 0 Å². The average molecular weight is 346 g/mol. The number of aryl methyl sites for hydroxylation is 1. The second-order valence-electron chi connectivity index (χ2n) is 5.37. The van der Waals surface area contributed by atoms with Crippen LogP contribution in [0.4, 0.5) is 0 Å². The van der Waals surface area contributed by atoms with Gasteiger partial charge in [0, 0.05) is 11.8 Å². The highest BCUT2D eigenvalue weighted by Gasteiger charge is 1.99. The fourth-order valence-corrected chi connectivity index (χ4v) is 2.58. The Hall–Kier alpha value is -1.25. The van der Waals surface area contributed by atoms with Gasteiger partial charge in [0.15, 0.2) is 0 Å². The van der Waals surface area contributed by atoms with Gasteiger partial charge in [-0.25, -0.2) is 0 Å². The van der Waals surface area contributed by atoms with E-state index in [1.165, 1.54) is 22.3 Å². The summed E-state index contributed by atoms with van der Waals surface area (Å²) in [6.07, 6.45) is 1.08. The molecule has 0 atom stereocenters. The van der Waals surface area contributed by atoms with Crippen LogP contribution in [0, 0.1) is 6.92 Å². The lowest BCUT2D eigenvalue weighted by Gasteiger charge is -2.07. The van der Waals surface area contributed by atoms with Gasteiger partial charge < -0.3 is 0 Å². The van der Waals surface area contributed by atoms with Crippen LogP contribution in [0.3, 0.4) is 0 Å². The molecule has 0 aliphatic rings. The van der Waals surface area contributed by atoms with Crippen molar-refractivity contribution in [3.05, 3.63) is 59.7 Å². The molecule has 2 aromatic rings. The van der Waals surface area contributed by atoms with Crippen molar-refractivity contribution in [2.24, 2.45) is 0 Å². The lowest BCUT2D eigenvalue weighted by Crippen LogP contribution is -2.11. The molecule has 0 spiro atoms. The molecule has 0 amide bonds. The maximum Gasteiger partial charge on any atom is 0.0136 e. The number of benzene rings is 2. The molecule has 0 aliphatic heterocycles. The van der Waals surface area contributed by atoms with Gasteiger partial charge >= 0.3 is 0 Å². The smallest absolute Gasteiger partial charge is 0.0136 e. The van der Waals surface area contributed by atoms with Crippen molar-refractivity contribution < 1.29 is 0 Å². The van der Waals surface area contributed by atoms with E-state index < -0.39 is 0 Å². The lowest BCUT2D eigenvalue weighted by molar-refractivity contribution is 0.900. The van der Waals surface area contributed by atoms with Gasteiger partial charge in [-0.05, 0) is 30.0 Å². The minimum absolute atomic E-state index is 0.638. The van der Waals surface area contributed by atoms with E-state index in [4.69, 9.17) is 0 Å². The molecule has 2 heteroatoms. The zero-order valence-corrected chi connectivity index (χ0v) is 17.3. The Kier molecular flexibility index (Phi) is 13.4. The van der Waals surface area contributed by atoms with Gasteiger partial charge in [-0.15, -0.1) is 0 Å². The van der Waals surface area contributed by atoms with Crippen LogP contribution < -0.4 is 4.72 Å². The molecule has 0 aromatic heterocycles. The van der Waals surface area contributed by atoms with E-state index in [1.807, 2.05) is 27.7 Å². The predicted molar refractivity (Wildman–Crippen MR) is 114 cm³/mol. The van der Waals surface area contributed by atoms with Gasteiger partial charge in [0.1, 0.15) is 0 Å². The first-order chi connectivity index (χ1) is 11.6. The third kappa shape index (κ3) is 9.14. The monoisotopic (exact) mass is 345 g/mol. The maximum absolute atomic E-state index is 3.40. The van der Waals surface area contributed by atoms with E-state index in [9.17, 15) is 0 Å². The van der Waals surface area contributed by atoms with Crippen molar-refractivity contribution in [2.75, 3.05) is 6.54 Å².